The Labute approximate surface area is 109 Å². The minimum Gasteiger partial charge on any atom is -0.496 e. The highest BCUT2D eigenvalue weighted by molar-refractivity contribution is 5.54. The lowest BCUT2D eigenvalue weighted by atomic mass is 9.94. The van der Waals surface area contributed by atoms with E-state index >= 15 is 0 Å². The molecule has 1 aliphatic rings. The van der Waals surface area contributed by atoms with Crippen LogP contribution in [0.25, 0.3) is 0 Å². The van der Waals surface area contributed by atoms with Crippen molar-refractivity contribution in [2.75, 3.05) is 27.3 Å². The summed E-state index contributed by atoms with van der Waals surface area (Å²) < 4.78 is 11.1. The predicted octanol–water partition coefficient (Wildman–Crippen LogP) is 1.54. The first-order valence-electron chi connectivity index (χ1n) is 6.43. The molecule has 100 valence electrons. The second kappa shape index (κ2) is 5.59. The minimum absolute atomic E-state index is 0.476. The van der Waals surface area contributed by atoms with E-state index in [0.29, 0.717) is 6.54 Å². The van der Waals surface area contributed by atoms with Gasteiger partial charge in [0.1, 0.15) is 11.5 Å². The molecule has 0 spiro atoms. The van der Waals surface area contributed by atoms with Gasteiger partial charge in [-0.2, -0.15) is 0 Å². The largest absolute Gasteiger partial charge is 0.496 e. The van der Waals surface area contributed by atoms with Gasteiger partial charge in [-0.05, 0) is 19.0 Å². The minimum atomic E-state index is 0.476. The number of benzene rings is 1. The predicted molar refractivity (Wildman–Crippen MR) is 72.1 cm³/mol. The van der Waals surface area contributed by atoms with Gasteiger partial charge >= 0.3 is 0 Å². The molecule has 2 rings (SSSR count). The van der Waals surface area contributed by atoms with E-state index in [2.05, 4.69) is 11.8 Å². The fourth-order valence-electron chi connectivity index (χ4n) is 2.66. The number of nitrogens with two attached hydrogens (primary N) is 1. The van der Waals surface area contributed by atoms with E-state index < -0.39 is 0 Å². The molecular formula is C14H22N2O2. The third kappa shape index (κ3) is 2.18. The smallest absolute Gasteiger partial charge is 0.127 e. The van der Waals surface area contributed by atoms with Crippen LogP contribution in [-0.4, -0.2) is 32.2 Å². The molecule has 0 aromatic heterocycles. The third-order valence-corrected chi connectivity index (χ3v) is 3.68. The molecule has 0 saturated heterocycles. The molecular weight excluding hydrogens is 228 g/mol. The van der Waals surface area contributed by atoms with E-state index in [9.17, 15) is 0 Å². The van der Waals surface area contributed by atoms with E-state index in [1.807, 2.05) is 6.07 Å². The van der Waals surface area contributed by atoms with Crippen LogP contribution in [0.3, 0.4) is 0 Å². The first-order valence-corrected chi connectivity index (χ1v) is 6.43. The van der Waals surface area contributed by atoms with E-state index in [1.54, 1.807) is 14.2 Å². The number of nitrogens with zero attached hydrogens (tertiary/aromatic N) is 1. The van der Waals surface area contributed by atoms with Crippen LogP contribution in [0, 0.1) is 0 Å². The van der Waals surface area contributed by atoms with Gasteiger partial charge in [0.05, 0.1) is 14.2 Å². The van der Waals surface area contributed by atoms with Crippen LogP contribution in [0.15, 0.2) is 6.07 Å². The van der Waals surface area contributed by atoms with Crippen molar-refractivity contribution < 1.29 is 9.47 Å². The van der Waals surface area contributed by atoms with E-state index in [0.717, 1.165) is 43.1 Å². The second-order valence-electron chi connectivity index (χ2n) is 4.55. The van der Waals surface area contributed by atoms with Crippen LogP contribution in [0.2, 0.25) is 0 Å². The van der Waals surface area contributed by atoms with Crippen molar-refractivity contribution in [1.82, 2.24) is 4.90 Å². The number of hydrogen-bond acceptors (Lipinski definition) is 4. The maximum Gasteiger partial charge on any atom is 0.127 e. The van der Waals surface area contributed by atoms with Crippen LogP contribution in [0.1, 0.15) is 23.6 Å². The van der Waals surface area contributed by atoms with Gasteiger partial charge in [0.15, 0.2) is 0 Å². The summed E-state index contributed by atoms with van der Waals surface area (Å²) in [5.41, 5.74) is 9.33. The zero-order valence-corrected chi connectivity index (χ0v) is 11.5. The summed E-state index contributed by atoms with van der Waals surface area (Å²) in [6.45, 7) is 5.71. The van der Waals surface area contributed by atoms with Crippen molar-refractivity contribution in [1.29, 1.82) is 0 Å². The maximum absolute atomic E-state index is 5.79. The molecule has 0 aliphatic carbocycles. The average molecular weight is 250 g/mol. The molecule has 2 N–H and O–H groups in total. The zero-order valence-electron chi connectivity index (χ0n) is 11.5. The Kier molecular flexibility index (Phi) is 4.09. The van der Waals surface area contributed by atoms with Crippen LogP contribution >= 0.6 is 0 Å². The summed E-state index contributed by atoms with van der Waals surface area (Å²) >= 11 is 0. The third-order valence-electron chi connectivity index (χ3n) is 3.68. The standard InChI is InChI=1S/C14H22N2O2/c1-4-16-6-5-11-12(9-16)13(17-2)7-10(8-15)14(11)18-3/h7H,4-6,8-9,15H2,1-3H3. The highest BCUT2D eigenvalue weighted by Gasteiger charge is 2.24. The molecule has 0 radical (unpaired) electrons. The number of likely N-dealkylation sites (N-methyl/N-ethyl adjacent to an activating group) is 1. The lowest BCUT2D eigenvalue weighted by Crippen LogP contribution is -2.31. The second-order valence-corrected chi connectivity index (χ2v) is 4.55. The number of ether oxygens (including phenoxy) is 2. The summed E-state index contributed by atoms with van der Waals surface area (Å²) in [5, 5.41) is 0. The molecule has 18 heavy (non-hydrogen) atoms. The fourth-order valence-corrected chi connectivity index (χ4v) is 2.66. The van der Waals surface area contributed by atoms with Crippen LogP contribution in [0.5, 0.6) is 11.5 Å². The Hall–Kier alpha value is -1.26. The lowest BCUT2D eigenvalue weighted by Gasteiger charge is -2.30. The molecule has 0 saturated carbocycles. The van der Waals surface area contributed by atoms with Crippen molar-refractivity contribution in [2.24, 2.45) is 5.73 Å². The maximum atomic E-state index is 5.79. The molecule has 0 amide bonds. The van der Waals surface area contributed by atoms with Gasteiger partial charge in [0.25, 0.3) is 0 Å². The van der Waals surface area contributed by atoms with Gasteiger partial charge in [0, 0.05) is 36.3 Å². The summed E-state index contributed by atoms with van der Waals surface area (Å²) in [5.74, 6) is 1.88. The first-order chi connectivity index (χ1) is 8.74. The van der Waals surface area contributed by atoms with Gasteiger partial charge in [-0.3, -0.25) is 4.90 Å². The van der Waals surface area contributed by atoms with Gasteiger partial charge in [-0.1, -0.05) is 6.92 Å². The first kappa shape index (κ1) is 13.2. The molecule has 4 nitrogen and oxygen atoms in total. The molecule has 0 fully saturated rings. The van der Waals surface area contributed by atoms with Crippen LogP contribution < -0.4 is 15.2 Å². The topological polar surface area (TPSA) is 47.7 Å². The molecule has 0 bridgehead atoms. The Morgan fingerprint density at radius 1 is 1.28 bits per heavy atom. The summed E-state index contributed by atoms with van der Waals surface area (Å²) in [7, 11) is 3.43. The Morgan fingerprint density at radius 2 is 2.06 bits per heavy atom. The van der Waals surface area contributed by atoms with Crippen molar-refractivity contribution in [2.45, 2.75) is 26.4 Å². The highest BCUT2D eigenvalue weighted by atomic mass is 16.5. The molecule has 1 aliphatic heterocycles. The number of methoxy groups -OCH3 is 2. The summed E-state index contributed by atoms with van der Waals surface area (Å²) in [4.78, 5) is 2.41. The Balaban J connectivity index is 2.52. The van der Waals surface area contributed by atoms with Crippen molar-refractivity contribution in [3.05, 3.63) is 22.8 Å². The normalized spacial score (nSPS) is 15.3. The van der Waals surface area contributed by atoms with Crippen LogP contribution in [0.4, 0.5) is 0 Å². The monoisotopic (exact) mass is 250 g/mol. The Bertz CT molecular complexity index is 432. The van der Waals surface area contributed by atoms with Gasteiger partial charge < -0.3 is 15.2 Å². The van der Waals surface area contributed by atoms with Crippen LogP contribution in [-0.2, 0) is 19.5 Å². The molecule has 0 atom stereocenters. The van der Waals surface area contributed by atoms with Crippen molar-refractivity contribution in [3.63, 3.8) is 0 Å². The van der Waals surface area contributed by atoms with Gasteiger partial charge in [0.2, 0.25) is 0 Å². The quantitative estimate of drug-likeness (QED) is 0.880. The average Bonchev–Trinajstić information content (AvgIpc) is 2.44. The molecule has 1 heterocycles. The highest BCUT2D eigenvalue weighted by Crippen LogP contribution is 2.37. The number of rotatable bonds is 4. The Morgan fingerprint density at radius 3 is 2.61 bits per heavy atom. The van der Waals surface area contributed by atoms with Crippen molar-refractivity contribution >= 4 is 0 Å². The van der Waals surface area contributed by atoms with Crippen molar-refractivity contribution in [3.8, 4) is 11.5 Å². The zero-order chi connectivity index (χ0) is 13.1. The van der Waals surface area contributed by atoms with E-state index in [-0.39, 0.29) is 0 Å². The number of fused-ring (bicyclic) bond motifs is 1. The van der Waals surface area contributed by atoms with E-state index in [1.165, 1.54) is 11.1 Å². The molecule has 1 aromatic carbocycles. The lowest BCUT2D eigenvalue weighted by molar-refractivity contribution is 0.257. The molecule has 0 unspecified atom stereocenters. The molecule has 4 heteroatoms. The van der Waals surface area contributed by atoms with E-state index in [4.69, 9.17) is 15.2 Å². The fraction of sp³-hybridized carbons (Fsp3) is 0.571. The van der Waals surface area contributed by atoms with Gasteiger partial charge in [-0.15, -0.1) is 0 Å². The SMILES string of the molecule is CCN1CCc2c(c(OC)cc(CN)c2OC)C1. The number of hydrogen-bond donors (Lipinski definition) is 1. The summed E-state index contributed by atoms with van der Waals surface area (Å²) in [6.07, 6.45) is 0.997. The summed E-state index contributed by atoms with van der Waals surface area (Å²) in [6, 6.07) is 2.01. The molecule has 1 aromatic rings. The van der Waals surface area contributed by atoms with Gasteiger partial charge in [-0.25, -0.2) is 0 Å².